The Morgan fingerprint density at radius 3 is 3.00 bits per heavy atom. The van der Waals surface area contributed by atoms with E-state index in [1.54, 1.807) is 17.1 Å². The lowest BCUT2D eigenvalue weighted by Crippen LogP contribution is -2.33. The summed E-state index contributed by atoms with van der Waals surface area (Å²) in [5, 5.41) is 3.91. The zero-order valence-corrected chi connectivity index (χ0v) is 10.6. The van der Waals surface area contributed by atoms with Crippen LogP contribution < -0.4 is 5.32 Å². The van der Waals surface area contributed by atoms with Gasteiger partial charge in [0.15, 0.2) is 0 Å². The first kappa shape index (κ1) is 12.2. The molecule has 0 radical (unpaired) electrons. The van der Waals surface area contributed by atoms with Gasteiger partial charge < -0.3 is 9.88 Å². The van der Waals surface area contributed by atoms with Crippen LogP contribution in [-0.2, 0) is 7.05 Å². The molecule has 1 aromatic rings. The fraction of sp³-hybridized carbons (Fsp3) is 0.600. The molecule has 0 spiro atoms. The largest absolute Gasteiger partial charge is 0.348 e. The molecule has 0 saturated heterocycles. The first-order valence-corrected chi connectivity index (χ1v) is 6.10. The van der Waals surface area contributed by atoms with Gasteiger partial charge in [0.05, 0.1) is 12.5 Å². The second-order valence-electron chi connectivity index (χ2n) is 3.60. The molecule has 0 saturated carbocycles. The summed E-state index contributed by atoms with van der Waals surface area (Å²) in [5.41, 5.74) is 0.598. The molecule has 1 unspecified atom stereocenters. The predicted molar refractivity (Wildman–Crippen MR) is 63.2 cm³/mol. The van der Waals surface area contributed by atoms with E-state index in [9.17, 15) is 4.79 Å². The van der Waals surface area contributed by atoms with Crippen molar-refractivity contribution in [2.75, 3.05) is 5.33 Å². The minimum atomic E-state index is -0.0583. The standard InChI is InChI=1S/C10H16BrN3O/c1-8(4-3-5-11)13-10(15)9-6-12-7-14(9)2/h6-8H,3-5H2,1-2H3,(H,13,15). The molecular weight excluding hydrogens is 258 g/mol. The number of amides is 1. The van der Waals surface area contributed by atoms with Crippen LogP contribution in [0.25, 0.3) is 0 Å². The molecular formula is C10H16BrN3O. The summed E-state index contributed by atoms with van der Waals surface area (Å²) in [7, 11) is 1.81. The SMILES string of the molecule is CC(CCCBr)NC(=O)c1cncn1C. The highest BCUT2D eigenvalue weighted by Gasteiger charge is 2.12. The van der Waals surface area contributed by atoms with Crippen LogP contribution in [0.5, 0.6) is 0 Å². The number of rotatable bonds is 5. The maximum atomic E-state index is 11.7. The zero-order valence-electron chi connectivity index (χ0n) is 9.03. The summed E-state index contributed by atoms with van der Waals surface area (Å²) in [4.78, 5) is 15.6. The Hall–Kier alpha value is -0.840. The van der Waals surface area contributed by atoms with Crippen LogP contribution in [0.4, 0.5) is 0 Å². The van der Waals surface area contributed by atoms with Gasteiger partial charge in [0.25, 0.3) is 5.91 Å². The van der Waals surface area contributed by atoms with Gasteiger partial charge in [-0.2, -0.15) is 0 Å². The normalized spacial score (nSPS) is 12.5. The monoisotopic (exact) mass is 273 g/mol. The van der Waals surface area contributed by atoms with E-state index in [0.717, 1.165) is 18.2 Å². The first-order valence-electron chi connectivity index (χ1n) is 4.98. The van der Waals surface area contributed by atoms with E-state index in [-0.39, 0.29) is 11.9 Å². The molecule has 0 aliphatic rings. The number of carbonyl (C=O) groups is 1. The highest BCUT2D eigenvalue weighted by Crippen LogP contribution is 2.02. The maximum absolute atomic E-state index is 11.7. The van der Waals surface area contributed by atoms with Crippen molar-refractivity contribution in [3.05, 3.63) is 18.2 Å². The zero-order chi connectivity index (χ0) is 11.3. The van der Waals surface area contributed by atoms with E-state index in [4.69, 9.17) is 0 Å². The van der Waals surface area contributed by atoms with Gasteiger partial charge in [-0.15, -0.1) is 0 Å². The Balaban J connectivity index is 2.46. The topological polar surface area (TPSA) is 46.9 Å². The molecule has 0 aliphatic carbocycles. The van der Waals surface area contributed by atoms with Gasteiger partial charge in [0.1, 0.15) is 5.69 Å². The van der Waals surface area contributed by atoms with Crippen LogP contribution in [0.3, 0.4) is 0 Å². The number of imidazole rings is 1. The molecule has 0 fully saturated rings. The highest BCUT2D eigenvalue weighted by molar-refractivity contribution is 9.09. The molecule has 0 aromatic carbocycles. The minimum Gasteiger partial charge on any atom is -0.348 e. The van der Waals surface area contributed by atoms with Crippen LogP contribution >= 0.6 is 15.9 Å². The Kier molecular flexibility index (Phi) is 4.81. The average Bonchev–Trinajstić information content (AvgIpc) is 2.61. The fourth-order valence-corrected chi connectivity index (χ4v) is 1.65. The number of alkyl halides is 1. The molecule has 1 rings (SSSR count). The molecule has 5 heteroatoms. The molecule has 0 aliphatic heterocycles. The lowest BCUT2D eigenvalue weighted by atomic mass is 10.2. The van der Waals surface area contributed by atoms with Crippen molar-refractivity contribution in [1.82, 2.24) is 14.9 Å². The van der Waals surface area contributed by atoms with Crippen molar-refractivity contribution in [2.45, 2.75) is 25.8 Å². The van der Waals surface area contributed by atoms with E-state index in [2.05, 4.69) is 26.2 Å². The van der Waals surface area contributed by atoms with Gasteiger partial charge in [-0.05, 0) is 19.8 Å². The van der Waals surface area contributed by atoms with Crippen LogP contribution in [0.2, 0.25) is 0 Å². The summed E-state index contributed by atoms with van der Waals surface area (Å²) in [6, 6.07) is 0.199. The van der Waals surface area contributed by atoms with Crippen molar-refractivity contribution in [2.24, 2.45) is 7.05 Å². The fourth-order valence-electron chi connectivity index (χ4n) is 1.33. The van der Waals surface area contributed by atoms with Crippen LogP contribution in [0.1, 0.15) is 30.3 Å². The third-order valence-corrected chi connectivity index (χ3v) is 2.76. The van der Waals surface area contributed by atoms with Crippen molar-refractivity contribution < 1.29 is 4.79 Å². The van der Waals surface area contributed by atoms with Crippen molar-refractivity contribution in [3.8, 4) is 0 Å². The number of hydrogen-bond donors (Lipinski definition) is 1. The summed E-state index contributed by atoms with van der Waals surface area (Å²) in [6.45, 7) is 2.01. The van der Waals surface area contributed by atoms with Gasteiger partial charge in [0, 0.05) is 18.4 Å². The molecule has 84 valence electrons. The van der Waals surface area contributed by atoms with E-state index >= 15 is 0 Å². The second kappa shape index (κ2) is 5.90. The van der Waals surface area contributed by atoms with Crippen molar-refractivity contribution in [1.29, 1.82) is 0 Å². The lowest BCUT2D eigenvalue weighted by Gasteiger charge is -2.12. The number of aryl methyl sites for hydroxylation is 1. The summed E-state index contributed by atoms with van der Waals surface area (Å²) in [5.74, 6) is -0.0583. The van der Waals surface area contributed by atoms with Crippen LogP contribution in [0.15, 0.2) is 12.5 Å². The third kappa shape index (κ3) is 3.66. The summed E-state index contributed by atoms with van der Waals surface area (Å²) >= 11 is 3.37. The second-order valence-corrected chi connectivity index (χ2v) is 4.39. The Labute approximate surface area is 98.2 Å². The number of halogens is 1. The predicted octanol–water partition coefficient (Wildman–Crippen LogP) is 1.71. The molecule has 1 aromatic heterocycles. The van der Waals surface area contributed by atoms with Crippen LogP contribution in [-0.4, -0.2) is 26.8 Å². The molecule has 4 nitrogen and oxygen atoms in total. The molecule has 0 bridgehead atoms. The van der Waals surface area contributed by atoms with Crippen molar-refractivity contribution >= 4 is 21.8 Å². The molecule has 1 amide bonds. The average molecular weight is 274 g/mol. The Morgan fingerprint density at radius 2 is 2.47 bits per heavy atom. The number of carbonyl (C=O) groups excluding carboxylic acids is 1. The number of hydrogen-bond acceptors (Lipinski definition) is 2. The first-order chi connectivity index (χ1) is 7.15. The smallest absolute Gasteiger partial charge is 0.269 e. The van der Waals surface area contributed by atoms with Gasteiger partial charge in [-0.25, -0.2) is 4.98 Å². The molecule has 1 atom stereocenters. The lowest BCUT2D eigenvalue weighted by molar-refractivity contribution is 0.0930. The molecule has 15 heavy (non-hydrogen) atoms. The van der Waals surface area contributed by atoms with E-state index in [1.165, 1.54) is 0 Å². The summed E-state index contributed by atoms with van der Waals surface area (Å²) in [6.07, 6.45) is 5.24. The van der Waals surface area contributed by atoms with Gasteiger partial charge in [0.2, 0.25) is 0 Å². The third-order valence-electron chi connectivity index (χ3n) is 2.20. The highest BCUT2D eigenvalue weighted by atomic mass is 79.9. The Bertz CT molecular complexity index is 324. The van der Waals surface area contributed by atoms with Gasteiger partial charge in [-0.1, -0.05) is 15.9 Å². The maximum Gasteiger partial charge on any atom is 0.269 e. The van der Waals surface area contributed by atoms with E-state index < -0.39 is 0 Å². The van der Waals surface area contributed by atoms with Gasteiger partial charge >= 0.3 is 0 Å². The minimum absolute atomic E-state index is 0.0583. The Morgan fingerprint density at radius 1 is 1.73 bits per heavy atom. The molecule has 1 N–H and O–H groups in total. The van der Waals surface area contributed by atoms with Crippen LogP contribution in [0, 0.1) is 0 Å². The molecule has 1 heterocycles. The number of aromatic nitrogens is 2. The number of nitrogens with zero attached hydrogens (tertiary/aromatic N) is 2. The number of nitrogens with one attached hydrogen (secondary N) is 1. The van der Waals surface area contributed by atoms with Crippen molar-refractivity contribution in [3.63, 3.8) is 0 Å². The van der Waals surface area contributed by atoms with Gasteiger partial charge in [-0.3, -0.25) is 4.79 Å². The van der Waals surface area contributed by atoms with E-state index in [1.807, 2.05) is 14.0 Å². The summed E-state index contributed by atoms with van der Waals surface area (Å²) < 4.78 is 1.71. The quantitative estimate of drug-likeness (QED) is 0.831. The van der Waals surface area contributed by atoms with E-state index in [0.29, 0.717) is 5.69 Å².